The van der Waals surface area contributed by atoms with E-state index in [0.29, 0.717) is 108 Å². The van der Waals surface area contributed by atoms with E-state index in [1.54, 1.807) is 27.7 Å². The molecule has 1 unspecified atom stereocenters. The predicted octanol–water partition coefficient (Wildman–Crippen LogP) is 12.5. The van der Waals surface area contributed by atoms with Crippen molar-refractivity contribution >= 4 is 94.4 Å². The average Bonchev–Trinajstić information content (AvgIpc) is 1.01. The third-order valence-electron chi connectivity index (χ3n) is 20.3. The normalized spacial score (nSPS) is 16.7. The van der Waals surface area contributed by atoms with Crippen molar-refractivity contribution in [3.05, 3.63) is 0 Å². The summed E-state index contributed by atoms with van der Waals surface area (Å²) in [7, 11) is 6.17. The standard InChI is InChI=1S/C9H22N6.C8H17N3.C8H16N2.C7H15N3.C7H17N3.C7H14N2.C7H16N2.C7H15N.C6H14N4.C6H13N3.C6H14N2.C6H13N.C5H13N3.C5H12N2.C4H11N.C4H10.C2H6N2/c1-8(11)15(6-2-4-10)7-3-5-14-9(12)13;1-6(9)11-8-4-2-7(10)3-5-8;1-7(9)10-8-5-3-2-4-6-8;1-6(8)10-7-3-2-4-9-5-7;1-7(8)9-5-4-6-10(2)3;1-6(8)9-7-4-2-3-5-7;1-3-4-5-6-9-7(2)8;1-8-7-5-3-2-4-6-7;1-6(8)10-4-2-3-9-5-7;1-6(7)9-4-2-8-3-5-9;1-3-4-5-8-6(2)7;1-3-5-6-7-4-2;1-5(7)8-4-2-3-6;1-3-4-7-5(2)6;1-2-3-4-5;1-3-4-2;1-2(3)4/h11H,2-7,10H2,1H3,(H4,12,13,14);7-8H,2-5,10H2,1H3,(H2,9,11);8H,2-6H2,1H3,(H2,9,10);7,9H,2-5H2,1H3,(H2,8,10);4-6H2,1-3H3,(H2,8,9);7H,2-5H2,1H3,(H2,8,9);3-6H2,1-2H3,(H2,8,9);7-8H,2-6H2,1H3;5H,2-4H2,1H3,(H2,7,9)(H2,8,10);7-8H,2-5H2,1H3;3-5H2,1-2H3,(H2,7,8);4H,3,5-6H2,1-2H3;2-4,6H2,1H3,(H2,7,8);3-4H2,1-2H3,(H2,6,7);2-5H2,1H3;3-4H2,1-2H3;1H3,(H3,3,4). The van der Waals surface area contributed by atoms with E-state index in [1.807, 2.05) is 73.4 Å². The van der Waals surface area contributed by atoms with Crippen molar-refractivity contribution in [2.24, 2.45) is 147 Å². The maximum Gasteiger partial charge on any atom is 0.185 e. The third kappa shape index (κ3) is 167. The molecule has 2 heterocycles. The molecule has 0 radical (unpaired) electrons. The fourth-order valence-electron chi connectivity index (χ4n) is 12.6. The Kier molecular flexibility index (Phi) is 141. The van der Waals surface area contributed by atoms with E-state index >= 15 is 0 Å². The number of aliphatic imine (C=N–C) groups is 11. The highest BCUT2D eigenvalue weighted by molar-refractivity contribution is 5.81. The van der Waals surface area contributed by atoms with Crippen molar-refractivity contribution in [1.29, 1.82) is 27.0 Å². The Morgan fingerprint density at radius 3 is 1.06 bits per heavy atom. The lowest BCUT2D eigenvalue weighted by molar-refractivity contribution is 0.354. The average molecular weight is 2050 g/mol. The van der Waals surface area contributed by atoms with Crippen LogP contribution in [0.1, 0.15) is 383 Å². The van der Waals surface area contributed by atoms with Gasteiger partial charge in [0.25, 0.3) is 0 Å². The SMILES string of the molecule is CC(=N)N.CC(=N)N(CCCN)CCCNC(=N)N.CC(=N)N1CCNCC1.CC(N)=NC1CCC(N)CC1.CC(N)=NC1CCCC1.CC(N)=NC1CCCCC1.CC(N)=NC1CCCNC1.CC(N)=NCCCN.CC(N)=NCCCN(C)C.CC(N)=NCCCNC=N.CC=NCCCC.CCCC.CCCCCN=C(C)N.CCCCN.CCCCN=C(C)N.CCCN=C(C)N.CNC1CCCCC1. The molecule has 40 nitrogen and oxygen atoms in total. The Balaban J connectivity index is -0.000000146. The van der Waals surface area contributed by atoms with Gasteiger partial charge in [0.2, 0.25) is 0 Å². The number of unbranched alkanes of at least 4 members (excludes halogenated alkanes) is 6. The molecule has 0 aromatic rings. The summed E-state index contributed by atoms with van der Waals surface area (Å²) in [5.41, 5.74) is 84.9. The van der Waals surface area contributed by atoms with Crippen molar-refractivity contribution in [2.45, 2.75) is 419 Å². The monoisotopic (exact) mass is 2050 g/mol. The van der Waals surface area contributed by atoms with Crippen LogP contribution in [0.25, 0.3) is 0 Å². The zero-order valence-corrected chi connectivity index (χ0v) is 97.1. The second-order valence-corrected chi connectivity index (χ2v) is 36.5. The summed E-state index contributed by atoms with van der Waals surface area (Å²) in [6.45, 7) is 58.9. The van der Waals surface area contributed by atoms with Crippen LogP contribution in [-0.2, 0) is 0 Å². The van der Waals surface area contributed by atoms with Crippen molar-refractivity contribution < 1.29 is 0 Å². The van der Waals surface area contributed by atoms with E-state index < -0.39 is 0 Å². The number of hydrogen-bond acceptors (Lipinski definition) is 24. The first-order chi connectivity index (χ1) is 68.3. The van der Waals surface area contributed by atoms with Gasteiger partial charge in [0.05, 0.1) is 106 Å². The van der Waals surface area contributed by atoms with Crippen LogP contribution in [0, 0.1) is 27.0 Å². The highest BCUT2D eigenvalue weighted by Gasteiger charge is 2.18. The molecule has 0 aromatic heterocycles. The second-order valence-electron chi connectivity index (χ2n) is 36.5. The number of piperazine rings is 1. The van der Waals surface area contributed by atoms with Crippen LogP contribution >= 0.6 is 0 Å². The van der Waals surface area contributed by atoms with Crippen molar-refractivity contribution in [3.8, 4) is 0 Å². The number of nitrogens with one attached hydrogen (secondary N) is 10. The topological polar surface area (TPSA) is 741 Å². The minimum Gasteiger partial charge on any atom is -0.388 e. The fraction of sp³-hybridized carbons (Fsp3) is 0.846. The molecule has 4 aliphatic carbocycles. The molecule has 0 aromatic carbocycles. The van der Waals surface area contributed by atoms with E-state index in [2.05, 4.69) is 161 Å². The first-order valence-corrected chi connectivity index (χ1v) is 54.3. The molecule has 2 aliphatic heterocycles. The van der Waals surface area contributed by atoms with Gasteiger partial charge in [-0.25, -0.2) is 0 Å². The first-order valence-electron chi connectivity index (χ1n) is 54.3. The number of nitrogens with zero attached hydrogens (tertiary/aromatic N) is 14. The van der Waals surface area contributed by atoms with Crippen LogP contribution in [0.4, 0.5) is 0 Å². The zero-order valence-electron chi connectivity index (χ0n) is 97.1. The zero-order chi connectivity index (χ0) is 112. The van der Waals surface area contributed by atoms with Gasteiger partial charge in [0.1, 0.15) is 0 Å². The molecule has 2 saturated heterocycles. The van der Waals surface area contributed by atoms with Crippen LogP contribution in [0.15, 0.2) is 54.9 Å². The van der Waals surface area contributed by atoms with E-state index in [-0.39, 0.29) is 11.8 Å². The van der Waals surface area contributed by atoms with Gasteiger partial charge in [-0.2, -0.15) is 0 Å². The van der Waals surface area contributed by atoms with Gasteiger partial charge in [-0.05, 0) is 298 Å². The van der Waals surface area contributed by atoms with Gasteiger partial charge in [-0.3, -0.25) is 82.0 Å². The maximum absolute atomic E-state index is 7.55. The summed E-state index contributed by atoms with van der Waals surface area (Å²) >= 11 is 0. The lowest BCUT2D eigenvalue weighted by Gasteiger charge is -2.27. The molecule has 4 saturated carbocycles. The minimum atomic E-state index is -0.00455. The molecule has 6 fully saturated rings. The van der Waals surface area contributed by atoms with Gasteiger partial charge in [0, 0.05) is 117 Å². The Morgan fingerprint density at radius 1 is 0.375 bits per heavy atom. The van der Waals surface area contributed by atoms with Crippen LogP contribution in [-0.4, -0.2) is 304 Å². The molecule has 6 rings (SSSR count). The molecular weight excluding hydrogens is 1810 g/mol. The van der Waals surface area contributed by atoms with Gasteiger partial charge >= 0.3 is 0 Å². The summed E-state index contributed by atoms with van der Waals surface area (Å²) in [6.07, 6.45) is 48.0. The number of amidine groups is 13. The second kappa shape index (κ2) is 128. The molecule has 1 atom stereocenters. The summed E-state index contributed by atoms with van der Waals surface area (Å²) in [6, 6.07) is 3.20. The lowest BCUT2D eigenvalue weighted by Crippen LogP contribution is -2.45. The number of guanidine groups is 1. The Hall–Kier alpha value is -8.80. The van der Waals surface area contributed by atoms with Gasteiger partial charge < -0.3 is 133 Å². The molecule has 40 heteroatoms. The smallest absolute Gasteiger partial charge is 0.185 e. The molecule has 42 N–H and O–H groups in total. The predicted molar refractivity (Wildman–Crippen MR) is 643 cm³/mol. The maximum atomic E-state index is 7.55. The molecule has 144 heavy (non-hydrogen) atoms. The number of rotatable bonds is 39. The van der Waals surface area contributed by atoms with Gasteiger partial charge in [-0.15, -0.1) is 0 Å². The van der Waals surface area contributed by atoms with E-state index in [0.717, 1.165) is 206 Å². The third-order valence-corrected chi connectivity index (χ3v) is 20.3. The first kappa shape index (κ1) is 158. The van der Waals surface area contributed by atoms with Crippen molar-refractivity contribution in [3.63, 3.8) is 0 Å². The van der Waals surface area contributed by atoms with Crippen LogP contribution < -0.4 is 118 Å². The molecule has 0 spiro atoms. The van der Waals surface area contributed by atoms with Crippen molar-refractivity contribution in [1.82, 2.24) is 41.3 Å². The van der Waals surface area contributed by atoms with Crippen molar-refractivity contribution in [2.75, 3.05) is 159 Å². The minimum absolute atomic E-state index is 0.00455. The Labute approximate surface area is 882 Å². The summed E-state index contributed by atoms with van der Waals surface area (Å²) < 4.78 is 0. The van der Waals surface area contributed by atoms with E-state index in [4.69, 9.17) is 119 Å². The van der Waals surface area contributed by atoms with Gasteiger partial charge in [-0.1, -0.05) is 145 Å². The number of piperidine rings is 1. The summed E-state index contributed by atoms with van der Waals surface area (Å²) in [5.74, 6) is 8.31. The highest BCUT2D eigenvalue weighted by Crippen LogP contribution is 2.22. The molecule has 854 valence electrons. The number of hydrogen-bond donors (Lipinski definition) is 26. The lowest BCUT2D eigenvalue weighted by atomic mass is 9.92. The molecule has 0 amide bonds. The van der Waals surface area contributed by atoms with E-state index in [1.165, 1.54) is 180 Å². The summed E-state index contributed by atoms with van der Waals surface area (Å²) in [5, 5.41) is 50.0. The fourth-order valence-corrected chi connectivity index (χ4v) is 12.6. The largest absolute Gasteiger partial charge is 0.388 e. The highest BCUT2D eigenvalue weighted by atomic mass is 15.2. The Morgan fingerprint density at radius 2 is 0.743 bits per heavy atom. The van der Waals surface area contributed by atoms with E-state index in [9.17, 15) is 0 Å². The quantitative estimate of drug-likeness (QED) is 0.0154. The molecule has 0 bridgehead atoms. The molecule has 6 aliphatic rings. The van der Waals surface area contributed by atoms with Crippen LogP contribution in [0.2, 0.25) is 0 Å². The molecular formula is C104H238N40. The Bertz CT molecular complexity index is 2990. The van der Waals surface area contributed by atoms with Crippen LogP contribution in [0.5, 0.6) is 0 Å². The van der Waals surface area contributed by atoms with Gasteiger partial charge in [0.15, 0.2) is 5.96 Å². The summed E-state index contributed by atoms with van der Waals surface area (Å²) in [4.78, 5) is 51.4. The van der Waals surface area contributed by atoms with Crippen LogP contribution in [0.3, 0.4) is 0 Å². The number of nitrogens with two attached hydrogens (primary N) is 16.